The lowest BCUT2D eigenvalue weighted by Gasteiger charge is -2.05. The van der Waals surface area contributed by atoms with Gasteiger partial charge in [0.25, 0.3) is 0 Å². The van der Waals surface area contributed by atoms with Gasteiger partial charge in [-0.1, -0.05) is 110 Å². The van der Waals surface area contributed by atoms with Crippen LogP contribution in [0.15, 0.2) is 0 Å². The van der Waals surface area contributed by atoms with Gasteiger partial charge in [0, 0.05) is 13.2 Å². The SMILES string of the molecule is CCCCCCCCCCCCCOCCCCCCCC. The summed E-state index contributed by atoms with van der Waals surface area (Å²) < 4.78 is 5.72. The molecule has 1 nitrogen and oxygen atoms in total. The minimum absolute atomic E-state index is 0.990. The normalized spacial score (nSPS) is 11.2. The molecule has 1 heteroatoms. The van der Waals surface area contributed by atoms with E-state index in [1.54, 1.807) is 0 Å². The lowest BCUT2D eigenvalue weighted by atomic mass is 10.1. The van der Waals surface area contributed by atoms with Gasteiger partial charge in [-0.15, -0.1) is 0 Å². The Morgan fingerprint density at radius 2 is 0.636 bits per heavy atom. The monoisotopic (exact) mass is 312 g/mol. The second-order valence-electron chi connectivity index (χ2n) is 6.92. The topological polar surface area (TPSA) is 9.23 Å². The van der Waals surface area contributed by atoms with Crippen molar-refractivity contribution in [2.45, 2.75) is 123 Å². The predicted molar refractivity (Wildman–Crippen MR) is 101 cm³/mol. The van der Waals surface area contributed by atoms with Gasteiger partial charge in [0.05, 0.1) is 0 Å². The summed E-state index contributed by atoms with van der Waals surface area (Å²) in [6, 6.07) is 0. The molecule has 0 rings (SSSR count). The average Bonchev–Trinajstić information content (AvgIpc) is 2.54. The van der Waals surface area contributed by atoms with E-state index in [2.05, 4.69) is 13.8 Å². The van der Waals surface area contributed by atoms with Crippen molar-refractivity contribution < 1.29 is 4.74 Å². The summed E-state index contributed by atoms with van der Waals surface area (Å²) >= 11 is 0. The summed E-state index contributed by atoms with van der Waals surface area (Å²) in [6.45, 7) is 6.55. The lowest BCUT2D eigenvalue weighted by molar-refractivity contribution is 0.125. The molecule has 22 heavy (non-hydrogen) atoms. The van der Waals surface area contributed by atoms with Gasteiger partial charge in [-0.2, -0.15) is 0 Å². The molecule has 134 valence electrons. The van der Waals surface area contributed by atoms with Crippen molar-refractivity contribution in [3.63, 3.8) is 0 Å². The van der Waals surface area contributed by atoms with E-state index < -0.39 is 0 Å². The van der Waals surface area contributed by atoms with Crippen LogP contribution >= 0.6 is 0 Å². The zero-order valence-electron chi connectivity index (χ0n) is 15.8. The van der Waals surface area contributed by atoms with Gasteiger partial charge < -0.3 is 4.74 Å². The number of hydrogen-bond donors (Lipinski definition) is 0. The fraction of sp³-hybridized carbons (Fsp3) is 1.00. The van der Waals surface area contributed by atoms with Crippen LogP contribution in [0, 0.1) is 0 Å². The predicted octanol–water partition coefficient (Wildman–Crippen LogP) is 7.67. The summed E-state index contributed by atoms with van der Waals surface area (Å²) in [5.74, 6) is 0. The van der Waals surface area contributed by atoms with E-state index >= 15 is 0 Å². The standard InChI is InChI=1S/C21H44O/c1-3-5-7-9-11-12-13-14-15-17-19-21-22-20-18-16-10-8-6-4-2/h3-21H2,1-2H3. The van der Waals surface area contributed by atoms with Crippen molar-refractivity contribution in [1.29, 1.82) is 0 Å². The number of unbranched alkanes of at least 4 members (excludes halogenated alkanes) is 15. The second-order valence-corrected chi connectivity index (χ2v) is 6.92. The highest BCUT2D eigenvalue weighted by Gasteiger charge is 1.94. The molecule has 0 saturated carbocycles. The zero-order valence-corrected chi connectivity index (χ0v) is 15.8. The molecule has 0 unspecified atom stereocenters. The Balaban J connectivity index is 2.91. The van der Waals surface area contributed by atoms with Crippen molar-refractivity contribution in [3.05, 3.63) is 0 Å². The Morgan fingerprint density at radius 3 is 0.955 bits per heavy atom. The summed E-state index contributed by atoms with van der Waals surface area (Å²) in [4.78, 5) is 0. The van der Waals surface area contributed by atoms with Gasteiger partial charge in [0.1, 0.15) is 0 Å². The van der Waals surface area contributed by atoms with Crippen LogP contribution < -0.4 is 0 Å². The first-order chi connectivity index (χ1) is 10.9. The van der Waals surface area contributed by atoms with Gasteiger partial charge >= 0.3 is 0 Å². The highest BCUT2D eigenvalue weighted by Crippen LogP contribution is 2.11. The van der Waals surface area contributed by atoms with Crippen LogP contribution in [-0.4, -0.2) is 13.2 Å². The highest BCUT2D eigenvalue weighted by atomic mass is 16.5. The minimum atomic E-state index is 0.990. The highest BCUT2D eigenvalue weighted by molar-refractivity contribution is 4.48. The van der Waals surface area contributed by atoms with Crippen LogP contribution in [0.25, 0.3) is 0 Å². The molecule has 0 saturated heterocycles. The van der Waals surface area contributed by atoms with E-state index in [4.69, 9.17) is 4.74 Å². The van der Waals surface area contributed by atoms with Crippen LogP contribution in [0.5, 0.6) is 0 Å². The lowest BCUT2D eigenvalue weighted by Crippen LogP contribution is -1.97. The second kappa shape index (κ2) is 21.0. The molecule has 0 aromatic heterocycles. The summed E-state index contributed by atoms with van der Waals surface area (Å²) in [7, 11) is 0. The van der Waals surface area contributed by atoms with Crippen molar-refractivity contribution >= 4 is 0 Å². The summed E-state index contributed by atoms with van der Waals surface area (Å²) in [6.07, 6.45) is 23.7. The summed E-state index contributed by atoms with van der Waals surface area (Å²) in [5, 5.41) is 0. The third kappa shape index (κ3) is 20.0. The molecular weight excluding hydrogens is 268 g/mol. The molecule has 0 heterocycles. The van der Waals surface area contributed by atoms with Crippen molar-refractivity contribution in [2.24, 2.45) is 0 Å². The number of rotatable bonds is 19. The molecule has 0 spiro atoms. The van der Waals surface area contributed by atoms with Crippen LogP contribution in [0.1, 0.15) is 123 Å². The maximum atomic E-state index is 5.72. The molecule has 0 N–H and O–H groups in total. The largest absolute Gasteiger partial charge is 0.381 e. The van der Waals surface area contributed by atoms with E-state index in [9.17, 15) is 0 Å². The minimum Gasteiger partial charge on any atom is -0.381 e. The molecule has 0 bridgehead atoms. The van der Waals surface area contributed by atoms with Crippen LogP contribution in [0.3, 0.4) is 0 Å². The first kappa shape index (κ1) is 22.0. The first-order valence-corrected chi connectivity index (χ1v) is 10.5. The molecule has 0 atom stereocenters. The molecule has 0 aromatic rings. The molecule has 0 aliphatic carbocycles. The smallest absolute Gasteiger partial charge is 0.0466 e. The molecule has 0 radical (unpaired) electrons. The fourth-order valence-corrected chi connectivity index (χ4v) is 2.95. The fourth-order valence-electron chi connectivity index (χ4n) is 2.95. The van der Waals surface area contributed by atoms with E-state index in [-0.39, 0.29) is 0 Å². The Labute approximate surface area is 141 Å². The molecule has 0 fully saturated rings. The van der Waals surface area contributed by atoms with Crippen LogP contribution in [0.4, 0.5) is 0 Å². The van der Waals surface area contributed by atoms with E-state index in [1.165, 1.54) is 109 Å². The third-order valence-electron chi connectivity index (χ3n) is 4.53. The van der Waals surface area contributed by atoms with Gasteiger partial charge in [-0.25, -0.2) is 0 Å². The number of ether oxygens (including phenoxy) is 1. The van der Waals surface area contributed by atoms with Crippen molar-refractivity contribution in [3.8, 4) is 0 Å². The maximum absolute atomic E-state index is 5.72. The molecule has 0 aliphatic rings. The maximum Gasteiger partial charge on any atom is 0.0466 e. The van der Waals surface area contributed by atoms with E-state index in [0.29, 0.717) is 0 Å². The van der Waals surface area contributed by atoms with Crippen molar-refractivity contribution in [2.75, 3.05) is 13.2 Å². The van der Waals surface area contributed by atoms with Gasteiger partial charge in [-0.05, 0) is 12.8 Å². The quantitative estimate of drug-likeness (QED) is 0.222. The molecular formula is C21H44O. The first-order valence-electron chi connectivity index (χ1n) is 10.5. The average molecular weight is 313 g/mol. The Kier molecular flexibility index (Phi) is 20.9. The molecule has 0 aromatic carbocycles. The summed E-state index contributed by atoms with van der Waals surface area (Å²) in [5.41, 5.74) is 0. The van der Waals surface area contributed by atoms with Crippen LogP contribution in [-0.2, 0) is 4.74 Å². The number of hydrogen-bond acceptors (Lipinski definition) is 1. The Bertz CT molecular complexity index is 159. The van der Waals surface area contributed by atoms with Gasteiger partial charge in [-0.3, -0.25) is 0 Å². The van der Waals surface area contributed by atoms with Gasteiger partial charge in [0.15, 0.2) is 0 Å². The van der Waals surface area contributed by atoms with Gasteiger partial charge in [0.2, 0.25) is 0 Å². The Morgan fingerprint density at radius 1 is 0.364 bits per heavy atom. The molecule has 0 aliphatic heterocycles. The third-order valence-corrected chi connectivity index (χ3v) is 4.53. The van der Waals surface area contributed by atoms with Crippen LogP contribution in [0.2, 0.25) is 0 Å². The molecule has 0 amide bonds. The zero-order chi connectivity index (χ0) is 16.1. The Hall–Kier alpha value is -0.0400. The van der Waals surface area contributed by atoms with E-state index in [0.717, 1.165) is 13.2 Å². The van der Waals surface area contributed by atoms with Crippen molar-refractivity contribution in [1.82, 2.24) is 0 Å². The van der Waals surface area contributed by atoms with E-state index in [1.807, 2.05) is 0 Å².